The van der Waals surface area contributed by atoms with Crippen molar-refractivity contribution in [2.24, 2.45) is 0 Å². The number of amides is 2. The van der Waals surface area contributed by atoms with Crippen LogP contribution < -0.4 is 10.2 Å². The molecule has 1 N–H and O–H groups in total. The first kappa shape index (κ1) is 26.4. The maximum atomic E-state index is 13.7. The van der Waals surface area contributed by atoms with Crippen LogP contribution >= 0.6 is 35.0 Å². The SMILES string of the molecule is CC(C)NC(=O)CN1C(=O)CS[C@H](c2cccc(Cl)c2)c2c(-c3ccccc3)nn(-c3ccccc3Cl)c21. The number of carbonyl (C=O) groups excluding carboxylic acids is 2. The molecule has 6 nitrogen and oxygen atoms in total. The number of nitrogens with one attached hydrogen (secondary N) is 1. The molecule has 0 fully saturated rings. The predicted molar refractivity (Wildman–Crippen MR) is 155 cm³/mol. The van der Waals surface area contributed by atoms with E-state index in [1.807, 2.05) is 86.6 Å². The molecule has 1 atom stereocenters. The standard InChI is InChI=1S/C29H26Cl2N4O2S/c1-18(2)32-24(36)16-34-25(37)17-38-28(20-11-8-12-21(30)15-20)26-27(19-9-4-3-5-10-19)33-35(29(26)34)23-14-7-6-13-22(23)31/h3-15,18,28H,16-17H2,1-2H3,(H,32,36)/t28-/m1/s1. The molecule has 2 amide bonds. The molecule has 1 aliphatic heterocycles. The lowest BCUT2D eigenvalue weighted by Gasteiger charge is -2.24. The van der Waals surface area contributed by atoms with Gasteiger partial charge in [-0.3, -0.25) is 14.5 Å². The Balaban J connectivity index is 1.82. The van der Waals surface area contributed by atoms with E-state index >= 15 is 0 Å². The number of para-hydroxylation sites is 1. The Morgan fingerprint density at radius 2 is 1.79 bits per heavy atom. The summed E-state index contributed by atoms with van der Waals surface area (Å²) >= 11 is 14.6. The summed E-state index contributed by atoms with van der Waals surface area (Å²) in [6.45, 7) is 3.64. The van der Waals surface area contributed by atoms with Gasteiger partial charge in [0.15, 0.2) is 0 Å². The molecule has 0 saturated heterocycles. The molecule has 0 bridgehead atoms. The summed E-state index contributed by atoms with van der Waals surface area (Å²) in [5.41, 5.74) is 3.99. The Kier molecular flexibility index (Phi) is 7.79. The Morgan fingerprint density at radius 1 is 1.05 bits per heavy atom. The summed E-state index contributed by atoms with van der Waals surface area (Å²) in [5.74, 6) is 0.263. The first-order valence-corrected chi connectivity index (χ1v) is 14.0. The van der Waals surface area contributed by atoms with Crippen LogP contribution in [0.15, 0.2) is 78.9 Å². The average Bonchev–Trinajstić information content (AvgIpc) is 3.21. The number of benzene rings is 3. The van der Waals surface area contributed by atoms with Gasteiger partial charge < -0.3 is 5.32 Å². The van der Waals surface area contributed by atoms with Crippen molar-refractivity contribution in [3.05, 3.63) is 100 Å². The van der Waals surface area contributed by atoms with Gasteiger partial charge in [0, 0.05) is 22.2 Å². The molecule has 0 spiro atoms. The van der Waals surface area contributed by atoms with E-state index in [-0.39, 0.29) is 35.4 Å². The number of anilines is 1. The molecule has 0 aliphatic carbocycles. The largest absolute Gasteiger partial charge is 0.352 e. The van der Waals surface area contributed by atoms with Crippen molar-refractivity contribution in [2.75, 3.05) is 17.2 Å². The third-order valence-corrected chi connectivity index (χ3v) is 7.93. The summed E-state index contributed by atoms with van der Waals surface area (Å²) in [4.78, 5) is 28.2. The minimum Gasteiger partial charge on any atom is -0.352 e. The second-order valence-electron chi connectivity index (χ2n) is 9.26. The number of hydrogen-bond acceptors (Lipinski definition) is 4. The number of nitrogens with zero attached hydrogens (tertiary/aromatic N) is 3. The number of carbonyl (C=O) groups is 2. The van der Waals surface area contributed by atoms with Crippen LogP contribution in [-0.2, 0) is 9.59 Å². The summed E-state index contributed by atoms with van der Waals surface area (Å²) in [6.07, 6.45) is 0. The lowest BCUT2D eigenvalue weighted by molar-refractivity contribution is -0.123. The molecule has 194 valence electrons. The predicted octanol–water partition coefficient (Wildman–Crippen LogP) is 6.54. The van der Waals surface area contributed by atoms with Gasteiger partial charge in [-0.1, -0.05) is 77.8 Å². The fourth-order valence-corrected chi connectivity index (χ4v) is 6.17. The van der Waals surface area contributed by atoms with Crippen molar-refractivity contribution in [2.45, 2.75) is 25.1 Å². The minimum atomic E-state index is -0.266. The molecule has 1 aromatic heterocycles. The third kappa shape index (κ3) is 5.32. The third-order valence-electron chi connectivity index (χ3n) is 6.12. The van der Waals surface area contributed by atoms with E-state index < -0.39 is 0 Å². The van der Waals surface area contributed by atoms with Crippen LogP contribution in [-0.4, -0.2) is 39.9 Å². The van der Waals surface area contributed by atoms with Crippen LogP contribution in [0.1, 0.15) is 30.2 Å². The number of fused-ring (bicyclic) bond motifs is 1. The molecule has 0 saturated carbocycles. The summed E-state index contributed by atoms with van der Waals surface area (Å²) in [5, 5.41) is 8.77. The topological polar surface area (TPSA) is 67.2 Å². The smallest absolute Gasteiger partial charge is 0.240 e. The van der Waals surface area contributed by atoms with Crippen LogP contribution in [0.25, 0.3) is 16.9 Å². The summed E-state index contributed by atoms with van der Waals surface area (Å²) in [6, 6.07) is 24.8. The van der Waals surface area contributed by atoms with Crippen LogP contribution in [0.3, 0.4) is 0 Å². The lowest BCUT2D eigenvalue weighted by Crippen LogP contribution is -2.44. The fourth-order valence-electron chi connectivity index (χ4n) is 4.56. The number of halogens is 2. The number of hydrogen-bond donors (Lipinski definition) is 1. The minimum absolute atomic E-state index is 0.0639. The maximum Gasteiger partial charge on any atom is 0.240 e. The van der Waals surface area contributed by atoms with Crippen molar-refractivity contribution in [1.82, 2.24) is 15.1 Å². The van der Waals surface area contributed by atoms with Crippen LogP contribution in [0.2, 0.25) is 10.0 Å². The molecule has 9 heteroatoms. The highest BCUT2D eigenvalue weighted by Gasteiger charge is 2.38. The van der Waals surface area contributed by atoms with Gasteiger partial charge in [-0.05, 0) is 43.7 Å². The molecule has 4 aromatic rings. The lowest BCUT2D eigenvalue weighted by atomic mass is 9.99. The number of rotatable bonds is 6. The van der Waals surface area contributed by atoms with E-state index in [0.717, 1.165) is 16.7 Å². The van der Waals surface area contributed by atoms with Gasteiger partial charge in [-0.2, -0.15) is 5.10 Å². The molecule has 0 unspecified atom stereocenters. The zero-order valence-corrected chi connectivity index (χ0v) is 23.2. The zero-order chi connectivity index (χ0) is 26.8. The van der Waals surface area contributed by atoms with Crippen LogP contribution in [0.5, 0.6) is 0 Å². The highest BCUT2D eigenvalue weighted by molar-refractivity contribution is 8.00. The molecular formula is C29H26Cl2N4O2S. The zero-order valence-electron chi connectivity index (χ0n) is 20.9. The summed E-state index contributed by atoms with van der Waals surface area (Å²) in [7, 11) is 0. The summed E-state index contributed by atoms with van der Waals surface area (Å²) < 4.78 is 1.70. The molecule has 2 heterocycles. The van der Waals surface area contributed by atoms with Gasteiger partial charge in [0.1, 0.15) is 12.4 Å². The Bertz CT molecular complexity index is 1490. The van der Waals surface area contributed by atoms with Gasteiger partial charge in [-0.15, -0.1) is 11.8 Å². The van der Waals surface area contributed by atoms with Crippen molar-refractivity contribution in [3.63, 3.8) is 0 Å². The molecule has 0 radical (unpaired) electrons. The monoisotopic (exact) mass is 564 g/mol. The van der Waals surface area contributed by atoms with E-state index in [0.29, 0.717) is 27.2 Å². The van der Waals surface area contributed by atoms with Gasteiger partial charge in [-0.25, -0.2) is 4.68 Å². The first-order chi connectivity index (χ1) is 18.3. The van der Waals surface area contributed by atoms with E-state index in [4.69, 9.17) is 28.3 Å². The van der Waals surface area contributed by atoms with Crippen molar-refractivity contribution in [1.29, 1.82) is 0 Å². The molecule has 1 aliphatic rings. The Labute approximate surface area is 235 Å². The molecule has 3 aromatic carbocycles. The maximum absolute atomic E-state index is 13.7. The number of thioether (sulfide) groups is 1. The highest BCUT2D eigenvalue weighted by Crippen LogP contribution is 2.49. The van der Waals surface area contributed by atoms with Crippen molar-refractivity contribution >= 4 is 52.6 Å². The van der Waals surface area contributed by atoms with E-state index in [1.165, 1.54) is 16.7 Å². The van der Waals surface area contributed by atoms with Gasteiger partial charge in [0.2, 0.25) is 11.8 Å². The van der Waals surface area contributed by atoms with Gasteiger partial charge in [0.05, 0.1) is 27.4 Å². The average molecular weight is 566 g/mol. The highest BCUT2D eigenvalue weighted by atomic mass is 35.5. The fraction of sp³-hybridized carbons (Fsp3) is 0.207. The second kappa shape index (κ2) is 11.2. The van der Waals surface area contributed by atoms with E-state index in [9.17, 15) is 9.59 Å². The quantitative estimate of drug-likeness (QED) is 0.288. The first-order valence-electron chi connectivity index (χ1n) is 12.2. The molecule has 5 rings (SSSR count). The van der Waals surface area contributed by atoms with E-state index in [1.54, 1.807) is 10.7 Å². The Hall–Kier alpha value is -3.26. The van der Waals surface area contributed by atoms with Gasteiger partial charge in [0.25, 0.3) is 0 Å². The van der Waals surface area contributed by atoms with E-state index in [2.05, 4.69) is 5.32 Å². The van der Waals surface area contributed by atoms with Crippen molar-refractivity contribution < 1.29 is 9.59 Å². The van der Waals surface area contributed by atoms with Crippen LogP contribution in [0, 0.1) is 0 Å². The van der Waals surface area contributed by atoms with Crippen molar-refractivity contribution in [3.8, 4) is 16.9 Å². The Morgan fingerprint density at radius 3 is 2.50 bits per heavy atom. The molecule has 38 heavy (non-hydrogen) atoms. The van der Waals surface area contributed by atoms with Crippen LogP contribution in [0.4, 0.5) is 5.82 Å². The van der Waals surface area contributed by atoms with Gasteiger partial charge >= 0.3 is 0 Å². The molecular weight excluding hydrogens is 539 g/mol. The number of aromatic nitrogens is 2. The normalized spacial score (nSPS) is 15.3. The second-order valence-corrected chi connectivity index (χ2v) is 11.2.